The number of hydrogen-bond acceptors (Lipinski definition) is 5. The molecule has 8 nitrogen and oxygen atoms in total. The summed E-state index contributed by atoms with van der Waals surface area (Å²) >= 11 is 0. The molecular weight excluding hydrogens is 272 g/mol. The van der Waals surface area contributed by atoms with Crippen LogP contribution in [0.3, 0.4) is 0 Å². The van der Waals surface area contributed by atoms with Crippen LogP contribution < -0.4 is 10.6 Å². The lowest BCUT2D eigenvalue weighted by Gasteiger charge is -2.07. The second-order valence-corrected chi connectivity index (χ2v) is 4.18. The van der Waals surface area contributed by atoms with Crippen LogP contribution in [-0.2, 0) is 6.54 Å². The lowest BCUT2D eigenvalue weighted by atomic mass is 10.3. The van der Waals surface area contributed by atoms with Crippen LogP contribution in [0, 0.1) is 0 Å². The number of nitrogens with zero attached hydrogens (tertiary/aromatic N) is 4. The Morgan fingerprint density at radius 3 is 2.95 bits per heavy atom. The van der Waals surface area contributed by atoms with E-state index >= 15 is 0 Å². The molecule has 3 aromatic heterocycles. The molecule has 8 heteroatoms. The van der Waals surface area contributed by atoms with Gasteiger partial charge in [-0.15, -0.1) is 0 Å². The van der Waals surface area contributed by atoms with Gasteiger partial charge in [0.25, 0.3) is 0 Å². The molecule has 3 aromatic rings. The van der Waals surface area contributed by atoms with E-state index in [2.05, 4.69) is 25.7 Å². The predicted octanol–water partition coefficient (Wildman–Crippen LogP) is 1.58. The molecule has 0 aliphatic heterocycles. The van der Waals surface area contributed by atoms with Crippen molar-refractivity contribution in [2.45, 2.75) is 6.54 Å². The van der Waals surface area contributed by atoms with Crippen molar-refractivity contribution in [2.24, 2.45) is 0 Å². The second-order valence-electron chi connectivity index (χ2n) is 4.18. The van der Waals surface area contributed by atoms with E-state index in [1.807, 2.05) is 0 Å². The first-order valence-electron chi connectivity index (χ1n) is 6.18. The highest BCUT2D eigenvalue weighted by molar-refractivity contribution is 5.88. The summed E-state index contributed by atoms with van der Waals surface area (Å²) in [4.78, 5) is 19.7. The number of nitrogens with one attached hydrogen (secondary N) is 2. The summed E-state index contributed by atoms with van der Waals surface area (Å²) in [5, 5.41) is 9.37. The highest BCUT2D eigenvalue weighted by Crippen LogP contribution is 2.08. The van der Waals surface area contributed by atoms with E-state index in [1.54, 1.807) is 43.2 Å². The quantitative estimate of drug-likeness (QED) is 0.758. The van der Waals surface area contributed by atoms with Crippen molar-refractivity contribution >= 4 is 11.7 Å². The summed E-state index contributed by atoms with van der Waals surface area (Å²) < 4.78 is 6.45. The number of carbonyl (C=O) groups is 1. The van der Waals surface area contributed by atoms with Crippen LogP contribution >= 0.6 is 0 Å². The molecular formula is C13H12N6O2. The second kappa shape index (κ2) is 5.87. The van der Waals surface area contributed by atoms with E-state index in [4.69, 9.17) is 4.42 Å². The van der Waals surface area contributed by atoms with Gasteiger partial charge < -0.3 is 15.1 Å². The molecule has 3 rings (SSSR count). The molecule has 0 aliphatic rings. The highest BCUT2D eigenvalue weighted by atomic mass is 16.3. The van der Waals surface area contributed by atoms with Crippen LogP contribution in [0.25, 0.3) is 5.82 Å². The number of amides is 2. The molecule has 0 atom stereocenters. The zero-order valence-corrected chi connectivity index (χ0v) is 10.9. The average molecular weight is 284 g/mol. The topological polar surface area (TPSA) is 97.9 Å². The summed E-state index contributed by atoms with van der Waals surface area (Å²) in [5.74, 6) is 0.622. The summed E-state index contributed by atoms with van der Waals surface area (Å²) in [6.07, 6.45) is 7.66. The monoisotopic (exact) mass is 284 g/mol. The van der Waals surface area contributed by atoms with Crippen molar-refractivity contribution in [3.63, 3.8) is 0 Å². The van der Waals surface area contributed by atoms with Crippen LogP contribution in [0.5, 0.6) is 0 Å². The third-order valence-corrected chi connectivity index (χ3v) is 2.69. The molecule has 0 saturated carbocycles. The molecule has 0 saturated heterocycles. The Morgan fingerprint density at radius 2 is 2.29 bits per heavy atom. The van der Waals surface area contributed by atoms with Gasteiger partial charge in [0.15, 0.2) is 5.82 Å². The first-order valence-corrected chi connectivity index (χ1v) is 6.18. The number of rotatable bonds is 4. The van der Waals surface area contributed by atoms with Crippen molar-refractivity contribution < 1.29 is 9.21 Å². The number of pyridine rings is 1. The van der Waals surface area contributed by atoms with E-state index < -0.39 is 0 Å². The van der Waals surface area contributed by atoms with E-state index in [0.717, 1.165) is 5.56 Å². The van der Waals surface area contributed by atoms with Gasteiger partial charge in [-0.3, -0.25) is 0 Å². The lowest BCUT2D eigenvalue weighted by Crippen LogP contribution is -2.28. The van der Waals surface area contributed by atoms with Crippen LogP contribution in [0.1, 0.15) is 5.56 Å². The number of anilines is 1. The maximum absolute atomic E-state index is 11.7. The summed E-state index contributed by atoms with van der Waals surface area (Å²) in [5.41, 5.74) is 1.48. The highest BCUT2D eigenvalue weighted by Gasteiger charge is 2.04. The van der Waals surface area contributed by atoms with Crippen molar-refractivity contribution in [2.75, 3.05) is 5.32 Å². The minimum absolute atomic E-state index is 0.313. The van der Waals surface area contributed by atoms with Gasteiger partial charge in [-0.2, -0.15) is 5.10 Å². The fourth-order valence-corrected chi connectivity index (χ4v) is 1.67. The molecule has 0 bridgehead atoms. The Bertz CT molecular complexity index is 691. The minimum atomic E-state index is -0.313. The van der Waals surface area contributed by atoms with Crippen LogP contribution in [0.2, 0.25) is 0 Å². The molecule has 2 amide bonds. The molecule has 0 fully saturated rings. The van der Waals surface area contributed by atoms with E-state index in [-0.39, 0.29) is 6.03 Å². The molecule has 2 N–H and O–H groups in total. The van der Waals surface area contributed by atoms with E-state index in [9.17, 15) is 4.79 Å². The van der Waals surface area contributed by atoms with Gasteiger partial charge in [-0.1, -0.05) is 0 Å². The molecule has 0 unspecified atom stereocenters. The Kier molecular flexibility index (Phi) is 3.59. The molecule has 106 valence electrons. The predicted molar refractivity (Wildman–Crippen MR) is 73.7 cm³/mol. The number of carbonyl (C=O) groups excluding carboxylic acids is 1. The normalized spacial score (nSPS) is 10.3. The fraction of sp³-hybridized carbons (Fsp3) is 0.0769. The van der Waals surface area contributed by atoms with Crippen LogP contribution in [0.15, 0.2) is 54.0 Å². The molecule has 3 heterocycles. The van der Waals surface area contributed by atoms with Crippen LogP contribution in [-0.4, -0.2) is 25.8 Å². The number of aromatic nitrogens is 4. The van der Waals surface area contributed by atoms with E-state index in [1.165, 1.54) is 11.0 Å². The van der Waals surface area contributed by atoms with Gasteiger partial charge in [0.05, 0.1) is 24.4 Å². The smallest absolute Gasteiger partial charge is 0.319 e. The molecule has 0 spiro atoms. The van der Waals surface area contributed by atoms with Gasteiger partial charge in [-0.25, -0.2) is 19.4 Å². The van der Waals surface area contributed by atoms with Gasteiger partial charge in [-0.05, 0) is 18.2 Å². The van der Waals surface area contributed by atoms with Crippen molar-refractivity contribution in [1.29, 1.82) is 0 Å². The number of furan rings is 1. The van der Waals surface area contributed by atoms with Crippen LogP contribution in [0.4, 0.5) is 10.5 Å². The Morgan fingerprint density at radius 1 is 1.33 bits per heavy atom. The molecule has 21 heavy (non-hydrogen) atoms. The lowest BCUT2D eigenvalue weighted by molar-refractivity contribution is 0.251. The average Bonchev–Trinajstić information content (AvgIpc) is 3.19. The van der Waals surface area contributed by atoms with Crippen molar-refractivity contribution in [3.8, 4) is 5.82 Å². The van der Waals surface area contributed by atoms with Gasteiger partial charge in [0, 0.05) is 12.1 Å². The van der Waals surface area contributed by atoms with Crippen molar-refractivity contribution in [1.82, 2.24) is 25.1 Å². The molecule has 0 aliphatic carbocycles. The van der Waals surface area contributed by atoms with Crippen molar-refractivity contribution in [3.05, 3.63) is 55.1 Å². The Hall–Kier alpha value is -3.16. The maximum atomic E-state index is 11.7. The standard InChI is InChI=1S/C13H12N6O2/c20-13(16-5-10-3-4-21-7-10)18-11-1-2-12(15-6-11)19-9-14-8-17-19/h1-4,6-9H,5H2,(H2,16,18,20). The first-order chi connectivity index (χ1) is 10.3. The van der Waals surface area contributed by atoms with E-state index in [0.29, 0.717) is 18.1 Å². The number of urea groups is 1. The third kappa shape index (κ3) is 3.24. The molecule has 0 aromatic carbocycles. The number of hydrogen-bond donors (Lipinski definition) is 2. The third-order valence-electron chi connectivity index (χ3n) is 2.69. The summed E-state index contributed by atoms with van der Waals surface area (Å²) in [6.45, 7) is 0.396. The maximum Gasteiger partial charge on any atom is 0.319 e. The summed E-state index contributed by atoms with van der Waals surface area (Å²) in [6, 6.07) is 4.95. The fourth-order valence-electron chi connectivity index (χ4n) is 1.67. The zero-order chi connectivity index (χ0) is 14.5. The molecule has 0 radical (unpaired) electrons. The first kappa shape index (κ1) is 12.9. The SMILES string of the molecule is O=C(NCc1ccoc1)Nc1ccc(-n2cncn2)nc1. The van der Waals surface area contributed by atoms with Gasteiger partial charge in [0.2, 0.25) is 0 Å². The summed E-state index contributed by atoms with van der Waals surface area (Å²) in [7, 11) is 0. The van der Waals surface area contributed by atoms with Gasteiger partial charge in [0.1, 0.15) is 12.7 Å². The zero-order valence-electron chi connectivity index (χ0n) is 10.9. The van der Waals surface area contributed by atoms with Gasteiger partial charge >= 0.3 is 6.03 Å². The Labute approximate surface area is 119 Å². The largest absolute Gasteiger partial charge is 0.472 e. The minimum Gasteiger partial charge on any atom is -0.472 e. The Balaban J connectivity index is 1.56.